The lowest BCUT2D eigenvalue weighted by atomic mass is 9.98. The van der Waals surface area contributed by atoms with Gasteiger partial charge in [-0.05, 0) is 54.3 Å². The number of anilines is 1. The average Bonchev–Trinajstić information content (AvgIpc) is 3.07. The van der Waals surface area contributed by atoms with E-state index in [1.165, 1.54) is 23.9 Å². The normalized spacial score (nSPS) is 15.0. The van der Waals surface area contributed by atoms with Gasteiger partial charge in [0.1, 0.15) is 11.9 Å². The molecule has 0 saturated carbocycles. The molecule has 1 heterocycles. The number of hydrogen-bond acceptors (Lipinski definition) is 5. The predicted octanol–water partition coefficient (Wildman–Crippen LogP) is 3.97. The summed E-state index contributed by atoms with van der Waals surface area (Å²) >= 11 is 1.32. The molecule has 0 spiro atoms. The monoisotopic (exact) mass is 578 g/mol. The van der Waals surface area contributed by atoms with Crippen LogP contribution in [-0.4, -0.2) is 48.9 Å². The van der Waals surface area contributed by atoms with Crippen molar-refractivity contribution in [3.63, 3.8) is 0 Å². The van der Waals surface area contributed by atoms with Gasteiger partial charge in [0, 0.05) is 36.3 Å². The van der Waals surface area contributed by atoms with Gasteiger partial charge in [-0.3, -0.25) is 4.79 Å². The quantitative estimate of drug-likeness (QED) is 0.276. The fourth-order valence-corrected chi connectivity index (χ4v) is 5.45. The standard InChI is InChI=1S/C30H35FN6O3S/c1-30(2,32)18-35-29(40)36-24-17-41-26-14-22(31)12-13-25(26)37(27(24)38)16-19-8-10-20(11-9-19)23-7-5-4-6-21(23)15-34-28(39)33-3/h4-14,24H,15-18,32H2,1-3H3,(H2,33,34,39)(H2,35,36,40)/t24-/m1/s1. The van der Waals surface area contributed by atoms with E-state index in [1.54, 1.807) is 31.9 Å². The summed E-state index contributed by atoms with van der Waals surface area (Å²) in [5.41, 5.74) is 9.71. The van der Waals surface area contributed by atoms with Crippen molar-refractivity contribution in [2.45, 2.75) is 43.4 Å². The molecule has 0 aromatic heterocycles. The van der Waals surface area contributed by atoms with Crippen molar-refractivity contribution in [1.29, 1.82) is 0 Å². The van der Waals surface area contributed by atoms with Gasteiger partial charge in [0.05, 0.1) is 12.2 Å². The molecule has 6 N–H and O–H groups in total. The van der Waals surface area contributed by atoms with E-state index in [2.05, 4.69) is 21.3 Å². The molecular weight excluding hydrogens is 543 g/mol. The van der Waals surface area contributed by atoms with Gasteiger partial charge >= 0.3 is 12.1 Å². The van der Waals surface area contributed by atoms with E-state index in [1.807, 2.05) is 48.5 Å². The molecule has 0 unspecified atom stereocenters. The third-order valence-corrected chi connectivity index (χ3v) is 7.62. The van der Waals surface area contributed by atoms with Crippen LogP contribution in [-0.2, 0) is 17.9 Å². The summed E-state index contributed by atoms with van der Waals surface area (Å²) in [7, 11) is 1.57. The number of nitrogens with two attached hydrogens (primary N) is 1. The fraction of sp³-hybridized carbons (Fsp3) is 0.300. The Morgan fingerprint density at radius 2 is 1.78 bits per heavy atom. The highest BCUT2D eigenvalue weighted by Crippen LogP contribution is 2.36. The molecule has 3 aromatic carbocycles. The van der Waals surface area contributed by atoms with E-state index in [0.29, 0.717) is 17.1 Å². The van der Waals surface area contributed by atoms with E-state index in [9.17, 15) is 18.8 Å². The smallest absolute Gasteiger partial charge is 0.315 e. The summed E-state index contributed by atoms with van der Waals surface area (Å²) in [4.78, 5) is 40.2. The van der Waals surface area contributed by atoms with Gasteiger partial charge in [-0.2, -0.15) is 0 Å². The minimum Gasteiger partial charge on any atom is -0.341 e. The SMILES string of the molecule is CNC(=O)NCc1ccccc1-c1ccc(CN2C(=O)[C@H](NC(=O)NCC(C)(C)N)CSc3cc(F)ccc32)cc1. The Hall–Kier alpha value is -4.09. The minimum absolute atomic E-state index is 0.230. The summed E-state index contributed by atoms with van der Waals surface area (Å²) in [5.74, 6) is -0.433. The van der Waals surface area contributed by atoms with Crippen LogP contribution in [0.25, 0.3) is 11.1 Å². The van der Waals surface area contributed by atoms with Crippen LogP contribution in [0.3, 0.4) is 0 Å². The first-order chi connectivity index (χ1) is 19.5. The van der Waals surface area contributed by atoms with Crippen molar-refractivity contribution in [2.75, 3.05) is 24.2 Å². The van der Waals surface area contributed by atoms with Crippen LogP contribution < -0.4 is 31.9 Å². The predicted molar refractivity (Wildman–Crippen MR) is 160 cm³/mol. The zero-order chi connectivity index (χ0) is 29.6. The lowest BCUT2D eigenvalue weighted by Gasteiger charge is -2.27. The molecule has 3 aromatic rings. The van der Waals surface area contributed by atoms with Gasteiger partial charge in [-0.15, -0.1) is 11.8 Å². The van der Waals surface area contributed by atoms with E-state index in [-0.39, 0.29) is 30.8 Å². The lowest BCUT2D eigenvalue weighted by molar-refractivity contribution is -0.120. The molecule has 0 radical (unpaired) electrons. The molecule has 0 bridgehead atoms. The number of nitrogens with one attached hydrogen (secondary N) is 4. The van der Waals surface area contributed by atoms with Gasteiger partial charge in [0.15, 0.2) is 0 Å². The maximum absolute atomic E-state index is 14.1. The number of carbonyl (C=O) groups is 3. The molecular formula is C30H35FN6O3S. The van der Waals surface area contributed by atoms with Crippen LogP contribution in [0.5, 0.6) is 0 Å². The average molecular weight is 579 g/mol. The summed E-state index contributed by atoms with van der Waals surface area (Å²) in [5, 5.41) is 10.8. The van der Waals surface area contributed by atoms with Crippen LogP contribution in [0.4, 0.5) is 19.7 Å². The topological polar surface area (TPSA) is 129 Å². The number of fused-ring (bicyclic) bond motifs is 1. The molecule has 216 valence electrons. The Morgan fingerprint density at radius 3 is 2.49 bits per heavy atom. The van der Waals surface area contributed by atoms with Gasteiger partial charge in [0.25, 0.3) is 5.91 Å². The van der Waals surface area contributed by atoms with Crippen molar-refractivity contribution < 1.29 is 18.8 Å². The Labute approximate surface area is 243 Å². The molecule has 0 aliphatic carbocycles. The highest BCUT2D eigenvalue weighted by atomic mass is 32.2. The maximum Gasteiger partial charge on any atom is 0.315 e. The summed E-state index contributed by atoms with van der Waals surface area (Å²) < 4.78 is 14.1. The summed E-state index contributed by atoms with van der Waals surface area (Å²) in [6.07, 6.45) is 0. The van der Waals surface area contributed by atoms with Gasteiger partial charge < -0.3 is 31.9 Å². The third kappa shape index (κ3) is 7.99. The van der Waals surface area contributed by atoms with Crippen LogP contribution >= 0.6 is 11.8 Å². The second-order valence-electron chi connectivity index (χ2n) is 10.5. The largest absolute Gasteiger partial charge is 0.341 e. The van der Waals surface area contributed by atoms with Crippen LogP contribution in [0, 0.1) is 5.82 Å². The first-order valence-corrected chi connectivity index (χ1v) is 14.2. The Bertz CT molecular complexity index is 1410. The molecule has 0 fully saturated rings. The van der Waals surface area contributed by atoms with Crippen molar-refractivity contribution in [1.82, 2.24) is 21.3 Å². The highest BCUT2D eigenvalue weighted by molar-refractivity contribution is 7.99. The van der Waals surface area contributed by atoms with E-state index >= 15 is 0 Å². The molecule has 9 nitrogen and oxygen atoms in total. The van der Waals surface area contributed by atoms with E-state index in [0.717, 1.165) is 22.3 Å². The Balaban J connectivity index is 1.55. The van der Waals surface area contributed by atoms with Crippen molar-refractivity contribution in [2.24, 2.45) is 5.73 Å². The van der Waals surface area contributed by atoms with Crippen LogP contribution in [0.15, 0.2) is 71.6 Å². The van der Waals surface area contributed by atoms with E-state index < -0.39 is 23.4 Å². The highest BCUT2D eigenvalue weighted by Gasteiger charge is 2.32. The summed E-state index contributed by atoms with van der Waals surface area (Å²) in [6, 6.07) is 18.4. The van der Waals surface area contributed by atoms with Gasteiger partial charge in [-0.1, -0.05) is 48.5 Å². The molecule has 1 aliphatic heterocycles. The molecule has 11 heteroatoms. The van der Waals surface area contributed by atoms with Gasteiger partial charge in [0.2, 0.25) is 0 Å². The fourth-order valence-electron chi connectivity index (χ4n) is 4.35. The van der Waals surface area contributed by atoms with Crippen molar-refractivity contribution in [3.8, 4) is 11.1 Å². The minimum atomic E-state index is -0.824. The number of carbonyl (C=O) groups excluding carboxylic acids is 3. The lowest BCUT2D eigenvalue weighted by Crippen LogP contribution is -2.54. The number of urea groups is 2. The third-order valence-electron chi connectivity index (χ3n) is 6.48. The molecule has 0 saturated heterocycles. The van der Waals surface area contributed by atoms with E-state index in [4.69, 9.17) is 5.73 Å². The number of halogens is 1. The van der Waals surface area contributed by atoms with Crippen molar-refractivity contribution >= 4 is 35.4 Å². The van der Waals surface area contributed by atoms with Gasteiger partial charge in [-0.25, -0.2) is 14.0 Å². The number of thioether (sulfide) groups is 1. The molecule has 1 atom stereocenters. The number of amides is 5. The number of hydrogen-bond donors (Lipinski definition) is 5. The van der Waals surface area contributed by atoms with Crippen LogP contribution in [0.1, 0.15) is 25.0 Å². The molecule has 5 amide bonds. The number of rotatable bonds is 8. The zero-order valence-corrected chi connectivity index (χ0v) is 24.1. The Morgan fingerprint density at radius 1 is 1.05 bits per heavy atom. The Kier molecular flexibility index (Phi) is 9.51. The number of benzene rings is 3. The molecule has 4 rings (SSSR count). The van der Waals surface area contributed by atoms with Crippen molar-refractivity contribution in [3.05, 3.63) is 83.7 Å². The second kappa shape index (κ2) is 13.0. The summed E-state index contributed by atoms with van der Waals surface area (Å²) in [6.45, 7) is 4.42. The molecule has 1 aliphatic rings. The zero-order valence-electron chi connectivity index (χ0n) is 23.3. The van der Waals surface area contributed by atoms with Crippen LogP contribution in [0.2, 0.25) is 0 Å². The maximum atomic E-state index is 14.1. The first kappa shape index (κ1) is 29.9. The number of nitrogens with zero attached hydrogens (tertiary/aromatic N) is 1. The second-order valence-corrected chi connectivity index (χ2v) is 11.6. The first-order valence-electron chi connectivity index (χ1n) is 13.2. The molecule has 41 heavy (non-hydrogen) atoms.